The van der Waals surface area contributed by atoms with Crippen molar-refractivity contribution < 1.29 is 19.1 Å². The lowest BCUT2D eigenvalue weighted by Gasteiger charge is -2.37. The third-order valence-corrected chi connectivity index (χ3v) is 5.74. The van der Waals surface area contributed by atoms with Crippen molar-refractivity contribution in [1.82, 2.24) is 10.2 Å². The van der Waals surface area contributed by atoms with E-state index in [2.05, 4.69) is 5.32 Å². The van der Waals surface area contributed by atoms with Crippen molar-refractivity contribution in [3.8, 4) is 11.5 Å². The molecule has 8 heteroatoms. The van der Waals surface area contributed by atoms with Gasteiger partial charge in [-0.05, 0) is 24.3 Å². The molecule has 2 heterocycles. The highest BCUT2D eigenvalue weighted by atomic mass is 35.5. The molecule has 0 radical (unpaired) electrons. The minimum atomic E-state index is -0.685. The number of amides is 2. The van der Waals surface area contributed by atoms with E-state index < -0.39 is 5.66 Å². The van der Waals surface area contributed by atoms with Gasteiger partial charge in [0.15, 0.2) is 0 Å². The maximum absolute atomic E-state index is 13.0. The molecule has 1 spiro atoms. The molecule has 2 aromatic rings. The molecule has 0 aliphatic carbocycles. The van der Waals surface area contributed by atoms with E-state index in [1.807, 2.05) is 6.07 Å². The number of likely N-dealkylation sites (tertiary alicyclic amines) is 1. The van der Waals surface area contributed by atoms with E-state index in [9.17, 15) is 9.59 Å². The first-order chi connectivity index (χ1) is 14.4. The van der Waals surface area contributed by atoms with Crippen LogP contribution in [0.3, 0.4) is 0 Å². The Morgan fingerprint density at radius 3 is 2.57 bits per heavy atom. The standard InChI is InChI=1S/C22H22ClN3O4/c1-29-16-6-7-17(18(13-16)30-2)21(28)26-10-8-22(9-11-26)24-19(20(27)25-22)14-4-3-5-15(23)12-14/h3-7,12-13H,8-11H2,1-2H3,(H,25,27). The second-order valence-corrected chi connectivity index (χ2v) is 7.75. The zero-order valence-corrected chi connectivity index (χ0v) is 17.5. The van der Waals surface area contributed by atoms with E-state index in [0.29, 0.717) is 59.3 Å². The van der Waals surface area contributed by atoms with E-state index in [0.717, 1.165) is 0 Å². The van der Waals surface area contributed by atoms with Gasteiger partial charge in [0.1, 0.15) is 22.9 Å². The Balaban J connectivity index is 1.50. The molecule has 2 aliphatic heterocycles. The summed E-state index contributed by atoms with van der Waals surface area (Å²) in [6.07, 6.45) is 1.07. The molecular weight excluding hydrogens is 406 g/mol. The van der Waals surface area contributed by atoms with Gasteiger partial charge in [-0.15, -0.1) is 0 Å². The number of carbonyl (C=O) groups excluding carboxylic acids is 2. The highest BCUT2D eigenvalue weighted by molar-refractivity contribution is 6.47. The van der Waals surface area contributed by atoms with Crippen LogP contribution in [-0.4, -0.2) is 55.4 Å². The highest BCUT2D eigenvalue weighted by Crippen LogP contribution is 2.32. The molecule has 7 nitrogen and oxygen atoms in total. The van der Waals surface area contributed by atoms with Crippen LogP contribution in [0.15, 0.2) is 47.5 Å². The molecule has 156 valence electrons. The number of ether oxygens (including phenoxy) is 2. The van der Waals surface area contributed by atoms with Crippen LogP contribution in [-0.2, 0) is 4.79 Å². The molecule has 1 N–H and O–H groups in total. The lowest BCUT2D eigenvalue weighted by atomic mass is 9.97. The molecule has 2 amide bonds. The first kappa shape index (κ1) is 20.2. The van der Waals surface area contributed by atoms with Crippen molar-refractivity contribution in [1.29, 1.82) is 0 Å². The van der Waals surface area contributed by atoms with E-state index in [1.165, 1.54) is 7.11 Å². The number of halogens is 1. The number of nitrogens with one attached hydrogen (secondary N) is 1. The molecule has 30 heavy (non-hydrogen) atoms. The number of hydrogen-bond donors (Lipinski definition) is 1. The summed E-state index contributed by atoms with van der Waals surface area (Å²) in [6, 6.07) is 12.2. The fraction of sp³-hybridized carbons (Fsp3) is 0.318. The van der Waals surface area contributed by atoms with Crippen LogP contribution in [0.2, 0.25) is 5.02 Å². The van der Waals surface area contributed by atoms with Crippen molar-refractivity contribution in [2.75, 3.05) is 27.3 Å². The summed E-state index contributed by atoms with van der Waals surface area (Å²) >= 11 is 6.06. The highest BCUT2D eigenvalue weighted by Gasteiger charge is 2.43. The van der Waals surface area contributed by atoms with Crippen molar-refractivity contribution in [3.63, 3.8) is 0 Å². The number of hydrogen-bond acceptors (Lipinski definition) is 5. The van der Waals surface area contributed by atoms with Gasteiger partial charge in [0, 0.05) is 42.6 Å². The van der Waals surface area contributed by atoms with Gasteiger partial charge in [-0.3, -0.25) is 14.6 Å². The number of carbonyl (C=O) groups is 2. The minimum Gasteiger partial charge on any atom is -0.497 e. The van der Waals surface area contributed by atoms with Crippen LogP contribution in [0, 0.1) is 0 Å². The van der Waals surface area contributed by atoms with Gasteiger partial charge >= 0.3 is 0 Å². The van der Waals surface area contributed by atoms with E-state index in [4.69, 9.17) is 26.1 Å². The summed E-state index contributed by atoms with van der Waals surface area (Å²) in [5, 5.41) is 3.56. The molecule has 0 atom stereocenters. The van der Waals surface area contributed by atoms with Gasteiger partial charge in [-0.2, -0.15) is 0 Å². The molecule has 2 aromatic carbocycles. The fourth-order valence-electron chi connectivity index (χ4n) is 3.86. The van der Waals surface area contributed by atoms with Crippen LogP contribution < -0.4 is 14.8 Å². The Morgan fingerprint density at radius 1 is 1.13 bits per heavy atom. The summed E-state index contributed by atoms with van der Waals surface area (Å²) in [4.78, 5) is 32.1. The fourth-order valence-corrected chi connectivity index (χ4v) is 4.05. The summed E-state index contributed by atoms with van der Waals surface area (Å²) in [5.41, 5.74) is 0.871. The summed E-state index contributed by atoms with van der Waals surface area (Å²) in [5.74, 6) is 0.759. The molecule has 1 saturated heterocycles. The van der Waals surface area contributed by atoms with Crippen molar-refractivity contribution in [2.45, 2.75) is 18.5 Å². The van der Waals surface area contributed by atoms with Crippen LogP contribution >= 0.6 is 11.6 Å². The second kappa shape index (κ2) is 7.99. The van der Waals surface area contributed by atoms with E-state index in [-0.39, 0.29) is 11.8 Å². The molecule has 0 aromatic heterocycles. The SMILES string of the molecule is COc1ccc(C(=O)N2CCC3(CC2)N=C(c2cccc(Cl)c2)C(=O)N3)c(OC)c1. The Hall–Kier alpha value is -3.06. The Kier molecular flexibility index (Phi) is 5.39. The van der Waals surface area contributed by atoms with Gasteiger partial charge in [0.2, 0.25) is 0 Å². The maximum Gasteiger partial charge on any atom is 0.272 e. The summed E-state index contributed by atoms with van der Waals surface area (Å²) in [6.45, 7) is 0.946. The third-order valence-electron chi connectivity index (χ3n) is 5.50. The molecule has 0 bridgehead atoms. The van der Waals surface area contributed by atoms with Crippen LogP contribution in [0.5, 0.6) is 11.5 Å². The average Bonchev–Trinajstić information content (AvgIpc) is 3.09. The molecule has 1 fully saturated rings. The van der Waals surface area contributed by atoms with Crippen molar-refractivity contribution in [2.24, 2.45) is 4.99 Å². The lowest BCUT2D eigenvalue weighted by Crippen LogP contribution is -2.52. The van der Waals surface area contributed by atoms with Gasteiger partial charge in [0.25, 0.3) is 11.8 Å². The molecule has 2 aliphatic rings. The predicted molar refractivity (Wildman–Crippen MR) is 114 cm³/mol. The maximum atomic E-state index is 13.0. The van der Waals surface area contributed by atoms with Crippen LogP contribution in [0.4, 0.5) is 0 Å². The normalized spacial score (nSPS) is 17.5. The number of piperidine rings is 1. The Labute approximate surface area is 179 Å². The average molecular weight is 428 g/mol. The number of aliphatic imine (C=N–C) groups is 1. The number of nitrogens with zero attached hydrogens (tertiary/aromatic N) is 2. The zero-order valence-electron chi connectivity index (χ0n) is 16.8. The van der Waals surface area contributed by atoms with E-state index >= 15 is 0 Å². The van der Waals surface area contributed by atoms with E-state index in [1.54, 1.807) is 48.4 Å². The van der Waals surface area contributed by atoms with Gasteiger partial charge in [0.05, 0.1) is 19.8 Å². The van der Waals surface area contributed by atoms with Crippen LogP contribution in [0.1, 0.15) is 28.8 Å². The van der Waals surface area contributed by atoms with Gasteiger partial charge in [-0.1, -0.05) is 23.7 Å². The third kappa shape index (κ3) is 3.73. The molecule has 0 saturated carbocycles. The lowest BCUT2D eigenvalue weighted by molar-refractivity contribution is -0.115. The first-order valence-corrected chi connectivity index (χ1v) is 10.0. The molecular formula is C22H22ClN3O4. The van der Waals surface area contributed by atoms with Crippen LogP contribution in [0.25, 0.3) is 0 Å². The Bertz CT molecular complexity index is 1030. The molecule has 0 unspecified atom stereocenters. The smallest absolute Gasteiger partial charge is 0.272 e. The first-order valence-electron chi connectivity index (χ1n) is 9.64. The molecule has 4 rings (SSSR count). The quantitative estimate of drug-likeness (QED) is 0.813. The number of benzene rings is 2. The van der Waals surface area contributed by atoms with Crippen molar-refractivity contribution in [3.05, 3.63) is 58.6 Å². The topological polar surface area (TPSA) is 80.2 Å². The number of rotatable bonds is 4. The van der Waals surface area contributed by atoms with Crippen molar-refractivity contribution >= 4 is 29.1 Å². The number of methoxy groups -OCH3 is 2. The summed E-state index contributed by atoms with van der Waals surface area (Å²) < 4.78 is 10.6. The zero-order chi connectivity index (χ0) is 21.3. The monoisotopic (exact) mass is 427 g/mol. The summed E-state index contributed by atoms with van der Waals surface area (Å²) in [7, 11) is 3.09. The second-order valence-electron chi connectivity index (χ2n) is 7.31. The van der Waals surface area contributed by atoms with Gasteiger partial charge < -0.3 is 19.7 Å². The Morgan fingerprint density at radius 2 is 1.90 bits per heavy atom. The minimum absolute atomic E-state index is 0.118. The van der Waals surface area contributed by atoms with Gasteiger partial charge in [-0.25, -0.2) is 0 Å². The predicted octanol–water partition coefficient (Wildman–Crippen LogP) is 2.91. The largest absolute Gasteiger partial charge is 0.497 e.